The molecule has 114 valence electrons. The molecule has 0 aliphatic carbocycles. The van der Waals surface area contributed by atoms with E-state index in [0.717, 1.165) is 0 Å². The van der Waals surface area contributed by atoms with Gasteiger partial charge in [0.15, 0.2) is 0 Å². The number of carboxylic acid groups (broad SMARTS) is 1. The fourth-order valence-electron chi connectivity index (χ4n) is 1.71. The summed E-state index contributed by atoms with van der Waals surface area (Å²) in [6.45, 7) is 0. The van der Waals surface area contributed by atoms with Crippen LogP contribution in [0.5, 0.6) is 11.5 Å². The number of carbonyl (C=O) groups excluding carboxylic acids is 1. The number of halogens is 2. The molecule has 2 aromatic carbocycles. The lowest BCUT2D eigenvalue weighted by Gasteiger charge is -2.11. The zero-order chi connectivity index (χ0) is 16.3. The van der Waals surface area contributed by atoms with Gasteiger partial charge in [-0.05, 0) is 59.0 Å². The quantitative estimate of drug-likeness (QED) is 0.578. The summed E-state index contributed by atoms with van der Waals surface area (Å²) >= 11 is 7.58. The second kappa shape index (κ2) is 6.97. The molecule has 0 heterocycles. The molecule has 0 atom stereocenters. The van der Waals surface area contributed by atoms with Gasteiger partial charge in [-0.15, -0.1) is 0 Å². The molecule has 2 aromatic rings. The maximum absolute atomic E-state index is 11.8. The van der Waals surface area contributed by atoms with Crippen LogP contribution in [0.25, 0.3) is 0 Å². The number of hydrogen-bond donors (Lipinski definition) is 1. The Hall–Kier alpha value is -1.80. The van der Waals surface area contributed by atoms with Crippen LogP contribution < -0.4 is 4.74 Å². The van der Waals surface area contributed by atoms with Gasteiger partial charge in [0.2, 0.25) is 0 Å². The number of hydrogen-bond acceptors (Lipinski definition) is 4. The molecule has 0 spiro atoms. The van der Waals surface area contributed by atoms with E-state index in [1.807, 2.05) is 0 Å². The van der Waals surface area contributed by atoms with E-state index >= 15 is 0 Å². The Kier molecular flexibility index (Phi) is 5.25. The summed E-state index contributed by atoms with van der Waals surface area (Å²) in [6.07, 6.45) is 0. The Labute approximate surface area is 144 Å². The first kappa shape index (κ1) is 16.6. The molecule has 0 saturated heterocycles. The largest absolute Gasteiger partial charge is 0.478 e. The van der Waals surface area contributed by atoms with E-state index < -0.39 is 11.9 Å². The molecule has 5 nitrogen and oxygen atoms in total. The smallest absolute Gasteiger partial charge is 0.339 e. The van der Waals surface area contributed by atoms with Crippen molar-refractivity contribution in [3.8, 4) is 11.5 Å². The average Bonchev–Trinajstić information content (AvgIpc) is 2.50. The van der Waals surface area contributed by atoms with Gasteiger partial charge in [0.1, 0.15) is 11.5 Å². The molecule has 2 rings (SSSR count). The molecule has 0 aliphatic rings. The normalized spacial score (nSPS) is 10.1. The molecule has 0 bridgehead atoms. The van der Waals surface area contributed by atoms with Gasteiger partial charge < -0.3 is 14.6 Å². The summed E-state index contributed by atoms with van der Waals surface area (Å²) in [4.78, 5) is 23.1. The van der Waals surface area contributed by atoms with Crippen LogP contribution in [0.1, 0.15) is 20.7 Å². The molecule has 0 amide bonds. The van der Waals surface area contributed by atoms with Gasteiger partial charge in [-0.2, -0.15) is 0 Å². The van der Waals surface area contributed by atoms with Crippen LogP contribution in [0, 0.1) is 3.57 Å². The molecule has 22 heavy (non-hydrogen) atoms. The van der Waals surface area contributed by atoms with Crippen molar-refractivity contribution in [3.05, 3.63) is 56.1 Å². The van der Waals surface area contributed by atoms with Crippen molar-refractivity contribution < 1.29 is 24.2 Å². The lowest BCUT2D eigenvalue weighted by molar-refractivity contribution is 0.0599. The number of methoxy groups -OCH3 is 1. The third kappa shape index (κ3) is 3.69. The highest BCUT2D eigenvalue weighted by Crippen LogP contribution is 2.29. The van der Waals surface area contributed by atoms with Crippen LogP contribution >= 0.6 is 34.2 Å². The topological polar surface area (TPSA) is 72.8 Å². The minimum Gasteiger partial charge on any atom is -0.478 e. The Morgan fingerprint density at radius 3 is 2.23 bits per heavy atom. The monoisotopic (exact) mass is 432 g/mol. The molecule has 0 aromatic heterocycles. The molecular weight excluding hydrogens is 423 g/mol. The molecule has 1 N–H and O–H groups in total. The first-order chi connectivity index (χ1) is 10.4. The Balaban J connectivity index is 2.46. The highest BCUT2D eigenvalue weighted by atomic mass is 127. The summed E-state index contributed by atoms with van der Waals surface area (Å²) in [5, 5.41) is 9.79. The SMILES string of the molecule is COC(=O)c1cc(Oc2ccc(Cl)cc2)cc(C(=O)O)c1I. The van der Waals surface area contributed by atoms with E-state index in [1.165, 1.54) is 19.2 Å². The molecule has 7 heteroatoms. The molecule has 0 aliphatic heterocycles. The number of ether oxygens (including phenoxy) is 2. The molecule has 0 unspecified atom stereocenters. The van der Waals surface area contributed by atoms with E-state index in [9.17, 15) is 14.7 Å². The van der Waals surface area contributed by atoms with Gasteiger partial charge >= 0.3 is 11.9 Å². The third-order valence-corrected chi connectivity index (χ3v) is 4.15. The Morgan fingerprint density at radius 1 is 1.09 bits per heavy atom. The second-order valence-corrected chi connectivity index (χ2v) is 5.70. The number of aromatic carboxylic acids is 1. The van der Waals surface area contributed by atoms with E-state index in [0.29, 0.717) is 14.3 Å². The molecule has 0 fully saturated rings. The highest BCUT2D eigenvalue weighted by Gasteiger charge is 2.20. The zero-order valence-corrected chi connectivity index (χ0v) is 14.2. The van der Waals surface area contributed by atoms with Crippen LogP contribution in [0.4, 0.5) is 0 Å². The lowest BCUT2D eigenvalue weighted by atomic mass is 10.1. The second-order valence-electron chi connectivity index (χ2n) is 4.19. The van der Waals surface area contributed by atoms with Crippen LogP contribution in [-0.4, -0.2) is 24.2 Å². The predicted molar refractivity (Wildman–Crippen MR) is 89.0 cm³/mol. The first-order valence-electron chi connectivity index (χ1n) is 6.01. The maximum Gasteiger partial charge on any atom is 0.339 e. The van der Waals surface area contributed by atoms with Crippen LogP contribution in [0.3, 0.4) is 0 Å². The summed E-state index contributed by atoms with van der Waals surface area (Å²) in [7, 11) is 1.23. The summed E-state index contributed by atoms with van der Waals surface area (Å²) < 4.78 is 10.5. The van der Waals surface area contributed by atoms with Crippen LogP contribution in [-0.2, 0) is 4.74 Å². The van der Waals surface area contributed by atoms with Crippen LogP contribution in [0.2, 0.25) is 5.02 Å². The minimum absolute atomic E-state index is 0.0348. The first-order valence-corrected chi connectivity index (χ1v) is 7.46. The summed E-state index contributed by atoms with van der Waals surface area (Å²) in [6, 6.07) is 9.35. The Bertz CT molecular complexity index is 727. The van der Waals surface area contributed by atoms with E-state index in [-0.39, 0.29) is 16.9 Å². The van der Waals surface area contributed by atoms with Gasteiger partial charge in [-0.25, -0.2) is 9.59 Å². The van der Waals surface area contributed by atoms with Crippen molar-refractivity contribution in [2.75, 3.05) is 7.11 Å². The standard InChI is InChI=1S/C15H10ClIO5/c1-21-15(20)12-7-10(6-11(13(12)17)14(18)19)22-9-4-2-8(16)3-5-9/h2-7H,1H3,(H,18,19). The minimum atomic E-state index is -1.16. The van der Waals surface area contributed by atoms with Gasteiger partial charge in [-0.3, -0.25) is 0 Å². The Morgan fingerprint density at radius 2 is 1.68 bits per heavy atom. The van der Waals surface area contributed by atoms with E-state index in [1.54, 1.807) is 46.9 Å². The van der Waals surface area contributed by atoms with Crippen molar-refractivity contribution in [3.63, 3.8) is 0 Å². The number of carbonyl (C=O) groups is 2. The molecular formula is C15H10ClIO5. The molecule has 0 radical (unpaired) electrons. The third-order valence-electron chi connectivity index (χ3n) is 2.73. The number of benzene rings is 2. The maximum atomic E-state index is 11.8. The number of rotatable bonds is 4. The van der Waals surface area contributed by atoms with E-state index in [4.69, 9.17) is 16.3 Å². The van der Waals surface area contributed by atoms with E-state index in [2.05, 4.69) is 4.74 Å². The van der Waals surface area contributed by atoms with Gasteiger partial charge in [0, 0.05) is 8.59 Å². The number of esters is 1. The number of carboxylic acids is 1. The predicted octanol–water partition coefficient (Wildman–Crippen LogP) is 4.22. The highest BCUT2D eigenvalue weighted by molar-refractivity contribution is 14.1. The van der Waals surface area contributed by atoms with Crippen molar-refractivity contribution in [2.45, 2.75) is 0 Å². The summed E-state index contributed by atoms with van der Waals surface area (Å²) in [5.74, 6) is -1.09. The van der Waals surface area contributed by atoms with Crippen molar-refractivity contribution in [1.82, 2.24) is 0 Å². The fraction of sp³-hybridized carbons (Fsp3) is 0.0667. The van der Waals surface area contributed by atoms with Crippen molar-refractivity contribution in [1.29, 1.82) is 0 Å². The van der Waals surface area contributed by atoms with Crippen molar-refractivity contribution in [2.24, 2.45) is 0 Å². The van der Waals surface area contributed by atoms with Crippen molar-refractivity contribution >= 4 is 46.1 Å². The lowest BCUT2D eigenvalue weighted by Crippen LogP contribution is -2.09. The average molecular weight is 433 g/mol. The van der Waals surface area contributed by atoms with Crippen LogP contribution in [0.15, 0.2) is 36.4 Å². The van der Waals surface area contributed by atoms with Gasteiger partial charge in [0.05, 0.1) is 18.2 Å². The molecule has 0 saturated carbocycles. The summed E-state index contributed by atoms with van der Waals surface area (Å²) in [5.41, 5.74) is 0.0967. The van der Waals surface area contributed by atoms with Gasteiger partial charge in [0.25, 0.3) is 0 Å². The zero-order valence-electron chi connectivity index (χ0n) is 11.3. The fourth-order valence-corrected chi connectivity index (χ4v) is 2.60. The van der Waals surface area contributed by atoms with Gasteiger partial charge in [-0.1, -0.05) is 11.6 Å².